The lowest BCUT2D eigenvalue weighted by Gasteiger charge is -2.09. The standard InChI is InChI=1S/C28H27N7O3/c1-2-3-12-25-31-35(24-11-7-4-8-21(24)17-26(36)37)28(38)34(25)18-19-13-15-20(16-14-19)22-9-5-6-10-23(22)27-29-32-33-30-27/h4-11,13-16H,2-3,12,17-18H2,1H3,(H,36,37)(H,29,30,32,33). The molecule has 0 atom stereocenters. The second-order valence-corrected chi connectivity index (χ2v) is 8.98. The van der Waals surface area contributed by atoms with Gasteiger partial charge in [0.1, 0.15) is 5.82 Å². The third-order valence-corrected chi connectivity index (χ3v) is 6.37. The number of H-pyrrole nitrogens is 1. The number of aromatic nitrogens is 7. The van der Waals surface area contributed by atoms with Crippen LogP contribution in [0.25, 0.3) is 28.2 Å². The van der Waals surface area contributed by atoms with Gasteiger partial charge in [0.05, 0.1) is 18.7 Å². The molecule has 0 spiro atoms. The van der Waals surface area contributed by atoms with Crippen LogP contribution in [0.3, 0.4) is 0 Å². The summed E-state index contributed by atoms with van der Waals surface area (Å²) < 4.78 is 3.01. The number of tetrazole rings is 1. The Morgan fingerprint density at radius 1 is 0.974 bits per heavy atom. The van der Waals surface area contributed by atoms with Crippen LogP contribution in [-0.4, -0.2) is 46.0 Å². The first-order chi connectivity index (χ1) is 18.5. The van der Waals surface area contributed by atoms with E-state index in [0.29, 0.717) is 35.9 Å². The van der Waals surface area contributed by atoms with Crippen LogP contribution < -0.4 is 5.69 Å². The van der Waals surface area contributed by atoms with Crippen molar-refractivity contribution in [1.82, 2.24) is 35.0 Å². The number of aromatic amines is 1. The number of rotatable bonds is 10. The fourth-order valence-electron chi connectivity index (χ4n) is 4.48. The van der Waals surface area contributed by atoms with Crippen molar-refractivity contribution in [3.05, 3.63) is 100 Å². The Bertz CT molecular complexity index is 1600. The van der Waals surface area contributed by atoms with E-state index in [2.05, 4.69) is 32.6 Å². The summed E-state index contributed by atoms with van der Waals surface area (Å²) in [6.45, 7) is 2.44. The van der Waals surface area contributed by atoms with E-state index in [0.717, 1.165) is 35.1 Å². The third-order valence-electron chi connectivity index (χ3n) is 6.37. The molecule has 38 heavy (non-hydrogen) atoms. The van der Waals surface area contributed by atoms with Gasteiger partial charge in [0.25, 0.3) is 0 Å². The van der Waals surface area contributed by atoms with Gasteiger partial charge in [-0.05, 0) is 40.0 Å². The fraction of sp³-hybridized carbons (Fsp3) is 0.214. The SMILES string of the molecule is CCCCc1nn(-c2ccccc2CC(=O)O)c(=O)n1Cc1ccc(-c2ccccc2-c2nn[nH]n2)cc1. The summed E-state index contributed by atoms with van der Waals surface area (Å²) >= 11 is 0. The van der Waals surface area contributed by atoms with Crippen LogP contribution in [0.1, 0.15) is 36.7 Å². The summed E-state index contributed by atoms with van der Waals surface area (Å²) in [6.07, 6.45) is 2.31. The van der Waals surface area contributed by atoms with Crippen LogP contribution in [0, 0.1) is 0 Å². The molecule has 10 nitrogen and oxygen atoms in total. The Labute approximate surface area is 218 Å². The quantitative estimate of drug-likeness (QED) is 0.292. The van der Waals surface area contributed by atoms with Gasteiger partial charge in [0.15, 0.2) is 0 Å². The molecule has 0 saturated carbocycles. The van der Waals surface area contributed by atoms with Gasteiger partial charge < -0.3 is 5.11 Å². The minimum Gasteiger partial charge on any atom is -0.481 e. The molecule has 3 aromatic carbocycles. The van der Waals surface area contributed by atoms with E-state index >= 15 is 0 Å². The molecule has 0 aliphatic heterocycles. The van der Waals surface area contributed by atoms with Crippen LogP contribution in [0.5, 0.6) is 0 Å². The van der Waals surface area contributed by atoms with Crippen molar-refractivity contribution in [3.8, 4) is 28.2 Å². The summed E-state index contributed by atoms with van der Waals surface area (Å²) in [5, 5.41) is 28.4. The molecule has 0 aliphatic carbocycles. The zero-order valence-electron chi connectivity index (χ0n) is 20.9. The zero-order chi connectivity index (χ0) is 26.5. The minimum absolute atomic E-state index is 0.188. The van der Waals surface area contributed by atoms with Gasteiger partial charge in [-0.15, -0.1) is 15.3 Å². The Hall–Kier alpha value is -4.86. The maximum Gasteiger partial charge on any atom is 0.351 e. The predicted octanol–water partition coefficient (Wildman–Crippen LogP) is 3.90. The van der Waals surface area contributed by atoms with Crippen molar-refractivity contribution in [2.24, 2.45) is 0 Å². The normalized spacial score (nSPS) is 11.1. The van der Waals surface area contributed by atoms with Crippen LogP contribution in [0.2, 0.25) is 0 Å². The van der Waals surface area contributed by atoms with E-state index in [4.69, 9.17) is 0 Å². The molecule has 0 saturated heterocycles. The van der Waals surface area contributed by atoms with Gasteiger partial charge in [-0.2, -0.15) is 9.90 Å². The fourth-order valence-corrected chi connectivity index (χ4v) is 4.48. The molecular weight excluding hydrogens is 482 g/mol. The molecule has 0 fully saturated rings. The molecule has 0 bridgehead atoms. The highest BCUT2D eigenvalue weighted by molar-refractivity contribution is 5.80. The Balaban J connectivity index is 1.48. The van der Waals surface area contributed by atoms with Crippen molar-refractivity contribution in [3.63, 3.8) is 0 Å². The van der Waals surface area contributed by atoms with Crippen molar-refractivity contribution in [2.45, 2.75) is 39.2 Å². The maximum atomic E-state index is 13.6. The number of para-hydroxylation sites is 1. The van der Waals surface area contributed by atoms with Gasteiger partial charge in [-0.1, -0.05) is 80.1 Å². The molecule has 0 amide bonds. The van der Waals surface area contributed by atoms with Crippen molar-refractivity contribution in [1.29, 1.82) is 0 Å². The first-order valence-electron chi connectivity index (χ1n) is 12.5. The number of hydrogen-bond acceptors (Lipinski definition) is 6. The van der Waals surface area contributed by atoms with Crippen molar-refractivity contribution >= 4 is 5.97 Å². The second kappa shape index (κ2) is 11.0. The first-order valence-corrected chi connectivity index (χ1v) is 12.5. The summed E-state index contributed by atoms with van der Waals surface area (Å²) in [5.74, 6) is 0.234. The predicted molar refractivity (Wildman–Crippen MR) is 142 cm³/mol. The number of nitrogens with zero attached hydrogens (tertiary/aromatic N) is 6. The van der Waals surface area contributed by atoms with Crippen LogP contribution in [0.4, 0.5) is 0 Å². The first kappa shape index (κ1) is 24.8. The van der Waals surface area contributed by atoms with Crippen molar-refractivity contribution < 1.29 is 9.90 Å². The maximum absolute atomic E-state index is 13.6. The van der Waals surface area contributed by atoms with E-state index in [1.807, 2.05) is 48.5 Å². The van der Waals surface area contributed by atoms with Gasteiger partial charge in [-0.3, -0.25) is 9.36 Å². The minimum atomic E-state index is -0.961. The number of hydrogen-bond donors (Lipinski definition) is 2. The molecule has 0 unspecified atom stereocenters. The highest BCUT2D eigenvalue weighted by atomic mass is 16.4. The number of unbranched alkanes of at least 4 members (excludes halogenated alkanes) is 1. The molecule has 2 N–H and O–H groups in total. The third kappa shape index (κ3) is 5.15. The van der Waals surface area contributed by atoms with E-state index in [-0.39, 0.29) is 12.1 Å². The average molecular weight is 510 g/mol. The molecule has 2 aromatic heterocycles. The molecule has 5 aromatic rings. The molecule has 0 aliphatic rings. The molecule has 5 rings (SSSR count). The molecule has 10 heteroatoms. The highest BCUT2D eigenvalue weighted by Crippen LogP contribution is 2.29. The number of carboxylic acids is 1. The zero-order valence-corrected chi connectivity index (χ0v) is 20.9. The lowest BCUT2D eigenvalue weighted by Crippen LogP contribution is -2.26. The number of carboxylic acid groups (broad SMARTS) is 1. The van der Waals surface area contributed by atoms with E-state index in [1.165, 1.54) is 4.68 Å². The van der Waals surface area contributed by atoms with E-state index in [9.17, 15) is 14.7 Å². The number of nitrogens with one attached hydrogen (secondary N) is 1. The number of carbonyl (C=O) groups is 1. The largest absolute Gasteiger partial charge is 0.481 e. The molecule has 2 heterocycles. The lowest BCUT2D eigenvalue weighted by atomic mass is 9.98. The topological polar surface area (TPSA) is 132 Å². The van der Waals surface area contributed by atoms with Crippen molar-refractivity contribution in [2.75, 3.05) is 0 Å². The summed E-state index contributed by atoms with van der Waals surface area (Å²) in [4.78, 5) is 24.9. The van der Waals surface area contributed by atoms with Gasteiger partial charge in [-0.25, -0.2) is 4.79 Å². The Morgan fingerprint density at radius 3 is 2.42 bits per heavy atom. The average Bonchev–Trinajstić information content (AvgIpc) is 3.57. The number of aliphatic carboxylic acids is 1. The lowest BCUT2D eigenvalue weighted by molar-refractivity contribution is -0.136. The number of aryl methyl sites for hydroxylation is 1. The summed E-state index contributed by atoms with van der Waals surface area (Å²) in [7, 11) is 0. The van der Waals surface area contributed by atoms with Crippen LogP contribution in [0.15, 0.2) is 77.6 Å². The Morgan fingerprint density at radius 2 is 1.71 bits per heavy atom. The molecule has 0 radical (unpaired) electrons. The van der Waals surface area contributed by atoms with Gasteiger partial charge >= 0.3 is 11.7 Å². The molecular formula is C28H27N7O3. The van der Waals surface area contributed by atoms with Gasteiger partial charge in [0.2, 0.25) is 5.82 Å². The van der Waals surface area contributed by atoms with E-state index < -0.39 is 5.97 Å². The Kier molecular flexibility index (Phi) is 7.21. The van der Waals surface area contributed by atoms with E-state index in [1.54, 1.807) is 28.8 Å². The summed E-state index contributed by atoms with van der Waals surface area (Å²) in [6, 6.07) is 22.9. The van der Waals surface area contributed by atoms with Gasteiger partial charge in [0, 0.05) is 12.0 Å². The monoisotopic (exact) mass is 509 g/mol. The van der Waals surface area contributed by atoms with Crippen LogP contribution >= 0.6 is 0 Å². The smallest absolute Gasteiger partial charge is 0.351 e. The number of benzene rings is 3. The molecule has 192 valence electrons. The van der Waals surface area contributed by atoms with Crippen LogP contribution in [-0.2, 0) is 24.2 Å². The summed E-state index contributed by atoms with van der Waals surface area (Å²) in [5.41, 5.74) is 4.52. The second-order valence-electron chi connectivity index (χ2n) is 8.98. The highest BCUT2D eigenvalue weighted by Gasteiger charge is 2.18.